The van der Waals surface area contributed by atoms with Crippen LogP contribution >= 0.6 is 12.2 Å². The van der Waals surface area contributed by atoms with Gasteiger partial charge in [0.25, 0.3) is 0 Å². The zero-order chi connectivity index (χ0) is 15.2. The first-order chi connectivity index (χ1) is 10.1. The first-order valence-electron chi connectivity index (χ1n) is 6.56. The summed E-state index contributed by atoms with van der Waals surface area (Å²) in [6.07, 6.45) is 1.65. The van der Waals surface area contributed by atoms with Crippen LogP contribution in [0.2, 0.25) is 0 Å². The minimum absolute atomic E-state index is 0.0768. The van der Waals surface area contributed by atoms with E-state index in [1.165, 1.54) is 12.1 Å². The molecule has 0 aliphatic carbocycles. The molecule has 0 aliphatic rings. The van der Waals surface area contributed by atoms with Gasteiger partial charge in [0.2, 0.25) is 0 Å². The van der Waals surface area contributed by atoms with E-state index in [1.807, 2.05) is 31.1 Å². The molecule has 0 amide bonds. The van der Waals surface area contributed by atoms with Crippen LogP contribution < -0.4 is 10.6 Å². The van der Waals surface area contributed by atoms with Gasteiger partial charge in [0, 0.05) is 12.2 Å². The standard InChI is InChI=1S/C15H18FN3OS/c1-19(2)13(14-4-3-9-20-14)10-17-15(21)18-12-7-5-11(16)6-8-12/h3-9,13H,10H2,1-2H3,(H2,17,18,21)/t13-/m0/s1. The predicted molar refractivity (Wildman–Crippen MR) is 85.8 cm³/mol. The molecule has 0 unspecified atom stereocenters. The number of benzene rings is 1. The molecule has 0 radical (unpaired) electrons. The average molecular weight is 307 g/mol. The molecule has 1 aromatic carbocycles. The molecule has 0 bridgehead atoms. The summed E-state index contributed by atoms with van der Waals surface area (Å²) < 4.78 is 18.3. The maximum Gasteiger partial charge on any atom is 0.170 e. The summed E-state index contributed by atoms with van der Waals surface area (Å²) >= 11 is 5.24. The highest BCUT2D eigenvalue weighted by molar-refractivity contribution is 7.80. The number of furan rings is 1. The Labute approximate surface area is 128 Å². The van der Waals surface area contributed by atoms with E-state index in [2.05, 4.69) is 10.6 Å². The van der Waals surface area contributed by atoms with Crippen LogP contribution in [0.25, 0.3) is 0 Å². The van der Waals surface area contributed by atoms with Gasteiger partial charge in [0.05, 0.1) is 12.3 Å². The zero-order valence-corrected chi connectivity index (χ0v) is 12.8. The highest BCUT2D eigenvalue weighted by Gasteiger charge is 2.16. The van der Waals surface area contributed by atoms with Gasteiger partial charge < -0.3 is 15.1 Å². The minimum Gasteiger partial charge on any atom is -0.468 e. The maximum absolute atomic E-state index is 12.8. The highest BCUT2D eigenvalue weighted by atomic mass is 32.1. The molecule has 1 atom stereocenters. The lowest BCUT2D eigenvalue weighted by Gasteiger charge is -2.23. The molecule has 112 valence electrons. The summed E-state index contributed by atoms with van der Waals surface area (Å²) in [5.74, 6) is 0.599. The highest BCUT2D eigenvalue weighted by Crippen LogP contribution is 2.17. The van der Waals surface area contributed by atoms with Crippen LogP contribution in [0.15, 0.2) is 47.1 Å². The Morgan fingerprint density at radius 3 is 2.57 bits per heavy atom. The Morgan fingerprint density at radius 2 is 2.00 bits per heavy atom. The van der Waals surface area contributed by atoms with Crippen molar-refractivity contribution in [1.82, 2.24) is 10.2 Å². The van der Waals surface area contributed by atoms with E-state index < -0.39 is 0 Å². The van der Waals surface area contributed by atoms with Crippen LogP contribution in [0, 0.1) is 5.82 Å². The van der Waals surface area contributed by atoms with Gasteiger partial charge in [-0.2, -0.15) is 0 Å². The number of thiocarbonyl (C=S) groups is 1. The van der Waals surface area contributed by atoms with E-state index in [4.69, 9.17) is 16.6 Å². The third kappa shape index (κ3) is 4.54. The van der Waals surface area contributed by atoms with E-state index in [0.717, 1.165) is 11.4 Å². The summed E-state index contributed by atoms with van der Waals surface area (Å²) in [7, 11) is 3.95. The number of likely N-dealkylation sites (N-methyl/N-ethyl adjacent to an activating group) is 1. The quantitative estimate of drug-likeness (QED) is 0.831. The third-order valence-corrected chi connectivity index (χ3v) is 3.30. The van der Waals surface area contributed by atoms with Gasteiger partial charge in [-0.3, -0.25) is 4.90 Å². The van der Waals surface area contributed by atoms with Crippen LogP contribution in [0.1, 0.15) is 11.8 Å². The Hall–Kier alpha value is -1.92. The Balaban J connectivity index is 1.89. The Kier molecular flexibility index (Phi) is 5.30. The fourth-order valence-electron chi connectivity index (χ4n) is 1.92. The molecule has 4 nitrogen and oxygen atoms in total. The van der Waals surface area contributed by atoms with E-state index in [9.17, 15) is 4.39 Å². The molecular weight excluding hydrogens is 289 g/mol. The van der Waals surface area contributed by atoms with Crippen LogP contribution in [0.4, 0.5) is 10.1 Å². The number of anilines is 1. The number of halogens is 1. The molecule has 1 aromatic heterocycles. The third-order valence-electron chi connectivity index (χ3n) is 3.05. The molecule has 2 aromatic rings. The van der Waals surface area contributed by atoms with Crippen LogP contribution in [-0.4, -0.2) is 30.7 Å². The molecule has 0 fully saturated rings. The van der Waals surface area contributed by atoms with Gasteiger partial charge in [0.15, 0.2) is 5.11 Å². The number of rotatable bonds is 5. The van der Waals surface area contributed by atoms with Gasteiger partial charge in [-0.1, -0.05) is 0 Å². The first kappa shape index (κ1) is 15.5. The van der Waals surface area contributed by atoms with Gasteiger partial charge in [-0.15, -0.1) is 0 Å². The summed E-state index contributed by atoms with van der Waals surface area (Å²) in [5, 5.41) is 6.64. The van der Waals surface area contributed by atoms with Gasteiger partial charge in [-0.25, -0.2) is 4.39 Å². The Morgan fingerprint density at radius 1 is 1.29 bits per heavy atom. The smallest absolute Gasteiger partial charge is 0.170 e. The van der Waals surface area contributed by atoms with Crippen molar-refractivity contribution in [3.8, 4) is 0 Å². The molecule has 21 heavy (non-hydrogen) atoms. The topological polar surface area (TPSA) is 40.4 Å². The largest absolute Gasteiger partial charge is 0.468 e. The lowest BCUT2D eigenvalue weighted by molar-refractivity contribution is 0.259. The van der Waals surface area contributed by atoms with Crippen molar-refractivity contribution >= 4 is 23.0 Å². The first-order valence-corrected chi connectivity index (χ1v) is 6.97. The summed E-state index contributed by atoms with van der Waals surface area (Å²) in [6.45, 7) is 0.605. The summed E-state index contributed by atoms with van der Waals surface area (Å²) in [4.78, 5) is 2.05. The van der Waals surface area contributed by atoms with Crippen LogP contribution in [0.3, 0.4) is 0 Å². The van der Waals surface area contributed by atoms with Crippen molar-refractivity contribution in [2.24, 2.45) is 0 Å². The predicted octanol–water partition coefficient (Wildman–Crippen LogP) is 3.01. The van der Waals surface area contributed by atoms with Gasteiger partial charge in [-0.05, 0) is 62.7 Å². The van der Waals surface area contributed by atoms with Gasteiger partial charge in [0.1, 0.15) is 11.6 Å². The van der Waals surface area contributed by atoms with Crippen molar-refractivity contribution in [3.05, 3.63) is 54.2 Å². The lowest BCUT2D eigenvalue weighted by atomic mass is 10.2. The van der Waals surface area contributed by atoms with E-state index >= 15 is 0 Å². The second-order valence-electron chi connectivity index (χ2n) is 4.84. The molecular formula is C15H18FN3OS. The van der Waals surface area contributed by atoms with E-state index in [-0.39, 0.29) is 11.9 Å². The second-order valence-corrected chi connectivity index (χ2v) is 5.24. The fraction of sp³-hybridized carbons (Fsp3) is 0.267. The fourth-order valence-corrected chi connectivity index (χ4v) is 2.12. The van der Waals surface area contributed by atoms with E-state index in [0.29, 0.717) is 11.7 Å². The molecule has 2 N–H and O–H groups in total. The maximum atomic E-state index is 12.8. The summed E-state index contributed by atoms with van der Waals surface area (Å²) in [5.41, 5.74) is 0.744. The van der Waals surface area contributed by atoms with Crippen molar-refractivity contribution < 1.29 is 8.81 Å². The van der Waals surface area contributed by atoms with Crippen LogP contribution in [-0.2, 0) is 0 Å². The number of nitrogens with zero attached hydrogens (tertiary/aromatic N) is 1. The molecule has 1 heterocycles. The average Bonchev–Trinajstić information content (AvgIpc) is 2.95. The van der Waals surface area contributed by atoms with E-state index in [1.54, 1.807) is 18.4 Å². The van der Waals surface area contributed by atoms with Crippen LogP contribution in [0.5, 0.6) is 0 Å². The molecule has 0 saturated carbocycles. The molecule has 0 aliphatic heterocycles. The molecule has 0 saturated heterocycles. The molecule has 0 spiro atoms. The molecule has 6 heteroatoms. The second kappa shape index (κ2) is 7.19. The number of hydrogen-bond donors (Lipinski definition) is 2. The monoisotopic (exact) mass is 307 g/mol. The number of hydrogen-bond acceptors (Lipinski definition) is 3. The van der Waals surface area contributed by atoms with Crippen molar-refractivity contribution in [1.29, 1.82) is 0 Å². The van der Waals surface area contributed by atoms with Gasteiger partial charge >= 0.3 is 0 Å². The minimum atomic E-state index is -0.273. The lowest BCUT2D eigenvalue weighted by Crippen LogP contribution is -2.36. The van der Waals surface area contributed by atoms with Crippen molar-refractivity contribution in [2.75, 3.05) is 26.0 Å². The summed E-state index contributed by atoms with van der Waals surface area (Å²) in [6, 6.07) is 9.92. The van der Waals surface area contributed by atoms with Crippen molar-refractivity contribution in [2.45, 2.75) is 6.04 Å². The number of nitrogens with one attached hydrogen (secondary N) is 2. The van der Waals surface area contributed by atoms with Crippen molar-refractivity contribution in [3.63, 3.8) is 0 Å². The zero-order valence-electron chi connectivity index (χ0n) is 12.0. The Bertz CT molecular complexity index is 569. The normalized spacial score (nSPS) is 12.2. The molecule has 2 rings (SSSR count). The SMILES string of the molecule is CN(C)[C@@H](CNC(=S)Nc1ccc(F)cc1)c1ccco1.